The minimum absolute atomic E-state index is 0.0834. The molecular formula is C19H19BrO4. The van der Waals surface area contributed by atoms with Crippen LogP contribution < -0.4 is 14.2 Å². The molecule has 0 saturated heterocycles. The number of alkyl halides is 1. The summed E-state index contributed by atoms with van der Waals surface area (Å²) in [5, 5.41) is 0.764. The smallest absolute Gasteiger partial charge is 0.185 e. The maximum absolute atomic E-state index is 12.3. The lowest BCUT2D eigenvalue weighted by Crippen LogP contribution is -1.99. The highest BCUT2D eigenvalue weighted by Crippen LogP contribution is 2.25. The average Bonchev–Trinajstić information content (AvgIpc) is 2.64. The highest BCUT2D eigenvalue weighted by atomic mass is 79.9. The zero-order valence-electron chi connectivity index (χ0n) is 13.6. The molecule has 0 aliphatic rings. The minimum atomic E-state index is -0.0834. The first kappa shape index (κ1) is 18.1. The summed E-state index contributed by atoms with van der Waals surface area (Å²) in [6, 6.07) is 12.5. The Bertz CT molecular complexity index is 708. The van der Waals surface area contributed by atoms with Crippen molar-refractivity contribution in [2.75, 3.05) is 26.2 Å². The largest absolute Gasteiger partial charge is 0.497 e. The lowest BCUT2D eigenvalue weighted by molar-refractivity contribution is 0.104. The second kappa shape index (κ2) is 9.13. The van der Waals surface area contributed by atoms with Crippen molar-refractivity contribution in [3.05, 3.63) is 59.7 Å². The Morgan fingerprint density at radius 3 is 2.38 bits per heavy atom. The van der Waals surface area contributed by atoms with Crippen LogP contribution >= 0.6 is 15.9 Å². The van der Waals surface area contributed by atoms with Crippen LogP contribution in [0.4, 0.5) is 0 Å². The van der Waals surface area contributed by atoms with Crippen LogP contribution in [0.15, 0.2) is 48.5 Å². The fourth-order valence-electron chi connectivity index (χ4n) is 2.09. The van der Waals surface area contributed by atoms with Crippen molar-refractivity contribution < 1.29 is 19.0 Å². The molecule has 2 aromatic rings. The number of hydrogen-bond donors (Lipinski definition) is 0. The predicted molar refractivity (Wildman–Crippen MR) is 98.6 cm³/mol. The van der Waals surface area contributed by atoms with E-state index in [0.717, 1.165) is 16.6 Å². The van der Waals surface area contributed by atoms with Crippen molar-refractivity contribution >= 4 is 27.8 Å². The molecule has 0 fully saturated rings. The summed E-state index contributed by atoms with van der Waals surface area (Å²) in [7, 11) is 3.18. The van der Waals surface area contributed by atoms with Gasteiger partial charge in [-0.15, -0.1) is 0 Å². The molecule has 126 valence electrons. The molecule has 2 aromatic carbocycles. The summed E-state index contributed by atoms with van der Waals surface area (Å²) < 4.78 is 15.9. The number of hydrogen-bond acceptors (Lipinski definition) is 4. The zero-order valence-corrected chi connectivity index (χ0v) is 15.2. The van der Waals surface area contributed by atoms with E-state index >= 15 is 0 Å². The molecule has 0 unspecified atom stereocenters. The van der Waals surface area contributed by atoms with Gasteiger partial charge in [0.15, 0.2) is 5.78 Å². The summed E-state index contributed by atoms with van der Waals surface area (Å²) >= 11 is 3.30. The molecule has 0 aliphatic carbocycles. The molecular weight excluding hydrogens is 372 g/mol. The lowest BCUT2D eigenvalue weighted by Gasteiger charge is -2.07. The van der Waals surface area contributed by atoms with Crippen molar-refractivity contribution in [1.82, 2.24) is 0 Å². The average molecular weight is 391 g/mol. The minimum Gasteiger partial charge on any atom is -0.497 e. The third kappa shape index (κ3) is 4.86. The molecule has 2 rings (SSSR count). The summed E-state index contributed by atoms with van der Waals surface area (Å²) in [5.74, 6) is 2.01. The van der Waals surface area contributed by atoms with Gasteiger partial charge in [0.25, 0.3) is 0 Å². The van der Waals surface area contributed by atoms with Crippen LogP contribution in [0.2, 0.25) is 0 Å². The van der Waals surface area contributed by atoms with E-state index in [2.05, 4.69) is 15.9 Å². The quantitative estimate of drug-likeness (QED) is 0.381. The van der Waals surface area contributed by atoms with Crippen LogP contribution in [0.5, 0.6) is 17.2 Å². The molecule has 0 saturated carbocycles. The topological polar surface area (TPSA) is 44.8 Å². The van der Waals surface area contributed by atoms with Gasteiger partial charge in [0.2, 0.25) is 0 Å². The fourth-order valence-corrected chi connectivity index (χ4v) is 2.25. The van der Waals surface area contributed by atoms with E-state index in [1.807, 2.05) is 12.1 Å². The van der Waals surface area contributed by atoms with Crippen molar-refractivity contribution in [2.45, 2.75) is 0 Å². The number of halogens is 1. The third-order valence-electron chi connectivity index (χ3n) is 3.34. The van der Waals surface area contributed by atoms with E-state index in [0.29, 0.717) is 23.7 Å². The van der Waals surface area contributed by atoms with Crippen molar-refractivity contribution in [1.29, 1.82) is 0 Å². The number of carbonyl (C=O) groups is 1. The molecule has 0 N–H and O–H groups in total. The van der Waals surface area contributed by atoms with E-state index in [1.165, 1.54) is 6.08 Å². The van der Waals surface area contributed by atoms with Gasteiger partial charge in [-0.2, -0.15) is 0 Å². The molecule has 0 heterocycles. The third-order valence-corrected chi connectivity index (χ3v) is 3.66. The summed E-state index contributed by atoms with van der Waals surface area (Å²) in [5.41, 5.74) is 1.41. The van der Waals surface area contributed by atoms with Gasteiger partial charge in [0.05, 0.1) is 20.8 Å². The van der Waals surface area contributed by atoms with Crippen molar-refractivity contribution in [2.24, 2.45) is 0 Å². The Kier molecular flexibility index (Phi) is 6.88. The zero-order chi connectivity index (χ0) is 17.4. The van der Waals surface area contributed by atoms with E-state index in [-0.39, 0.29) is 5.78 Å². The summed E-state index contributed by atoms with van der Waals surface area (Å²) in [4.78, 5) is 12.3. The Hall–Kier alpha value is -2.27. The van der Waals surface area contributed by atoms with Gasteiger partial charge in [0, 0.05) is 22.5 Å². The molecule has 4 nitrogen and oxygen atoms in total. The van der Waals surface area contributed by atoms with E-state index in [4.69, 9.17) is 14.2 Å². The predicted octanol–water partition coefficient (Wildman–Crippen LogP) is 4.37. The first-order valence-corrected chi connectivity index (χ1v) is 8.53. The van der Waals surface area contributed by atoms with E-state index < -0.39 is 0 Å². The van der Waals surface area contributed by atoms with Crippen LogP contribution in [0, 0.1) is 0 Å². The van der Waals surface area contributed by atoms with Gasteiger partial charge >= 0.3 is 0 Å². The molecule has 0 amide bonds. The molecule has 0 bridgehead atoms. The number of carbonyl (C=O) groups excluding carboxylic acids is 1. The molecule has 0 aliphatic heterocycles. The number of allylic oxidation sites excluding steroid dienone is 1. The van der Waals surface area contributed by atoms with Crippen LogP contribution in [0.25, 0.3) is 6.08 Å². The number of benzene rings is 2. The van der Waals surface area contributed by atoms with Gasteiger partial charge in [-0.25, -0.2) is 0 Å². The van der Waals surface area contributed by atoms with Gasteiger partial charge in [-0.1, -0.05) is 15.9 Å². The SMILES string of the molecule is COc1ccc(C=CC(=O)c2ccc(OCCBr)cc2)c(OC)c1. The highest BCUT2D eigenvalue weighted by Gasteiger charge is 2.05. The molecule has 0 spiro atoms. The maximum Gasteiger partial charge on any atom is 0.185 e. The highest BCUT2D eigenvalue weighted by molar-refractivity contribution is 9.09. The van der Waals surface area contributed by atoms with Gasteiger partial charge < -0.3 is 14.2 Å². The van der Waals surface area contributed by atoms with Gasteiger partial charge in [-0.3, -0.25) is 4.79 Å². The summed E-state index contributed by atoms with van der Waals surface area (Å²) in [6.07, 6.45) is 3.26. The second-order valence-corrected chi connectivity index (χ2v) is 5.66. The van der Waals surface area contributed by atoms with Crippen molar-refractivity contribution in [3.8, 4) is 17.2 Å². The van der Waals surface area contributed by atoms with E-state index in [1.54, 1.807) is 50.6 Å². The number of ketones is 1. The monoisotopic (exact) mass is 390 g/mol. The molecule has 5 heteroatoms. The van der Waals surface area contributed by atoms with Crippen LogP contribution in [0.3, 0.4) is 0 Å². The Balaban J connectivity index is 2.10. The Labute approximate surface area is 150 Å². The first-order valence-electron chi connectivity index (χ1n) is 7.41. The number of ether oxygens (including phenoxy) is 3. The number of rotatable bonds is 8. The van der Waals surface area contributed by atoms with Crippen molar-refractivity contribution in [3.63, 3.8) is 0 Å². The maximum atomic E-state index is 12.3. The standard InChI is InChI=1S/C19H19BrO4/c1-22-17-9-5-15(19(13-17)23-2)6-10-18(21)14-3-7-16(8-4-14)24-12-11-20/h3-10,13H,11-12H2,1-2H3. The normalized spacial score (nSPS) is 10.6. The molecule has 24 heavy (non-hydrogen) atoms. The van der Waals surface area contributed by atoms with Crippen LogP contribution in [-0.4, -0.2) is 31.9 Å². The Morgan fingerprint density at radius 1 is 1.04 bits per heavy atom. The van der Waals surface area contributed by atoms with Gasteiger partial charge in [-0.05, 0) is 48.6 Å². The van der Waals surface area contributed by atoms with Crippen LogP contribution in [-0.2, 0) is 0 Å². The summed E-state index contributed by atoms with van der Waals surface area (Å²) in [6.45, 7) is 0.588. The van der Waals surface area contributed by atoms with E-state index in [9.17, 15) is 4.79 Å². The van der Waals surface area contributed by atoms with Gasteiger partial charge in [0.1, 0.15) is 17.2 Å². The molecule has 0 aromatic heterocycles. The molecule has 0 radical (unpaired) electrons. The Morgan fingerprint density at radius 2 is 1.75 bits per heavy atom. The lowest BCUT2D eigenvalue weighted by atomic mass is 10.1. The first-order chi connectivity index (χ1) is 11.7. The molecule has 0 atom stereocenters. The number of methoxy groups -OCH3 is 2. The second-order valence-electron chi connectivity index (χ2n) is 4.87. The van der Waals surface area contributed by atoms with Crippen LogP contribution in [0.1, 0.15) is 15.9 Å². The fraction of sp³-hybridized carbons (Fsp3) is 0.211.